The van der Waals surface area contributed by atoms with Gasteiger partial charge in [0.05, 0.1) is 10.7 Å². The summed E-state index contributed by atoms with van der Waals surface area (Å²) in [4.78, 5) is 11.5. The van der Waals surface area contributed by atoms with E-state index in [1.165, 1.54) is 6.92 Å². The van der Waals surface area contributed by atoms with E-state index in [-0.39, 0.29) is 5.78 Å². The number of hydrogen-bond donors (Lipinski definition) is 2. The fourth-order valence-electron chi connectivity index (χ4n) is 1.87. The van der Waals surface area contributed by atoms with Gasteiger partial charge in [0, 0.05) is 16.9 Å². The third-order valence-electron chi connectivity index (χ3n) is 2.92. The molecule has 3 nitrogen and oxygen atoms in total. The molecule has 19 heavy (non-hydrogen) atoms. The van der Waals surface area contributed by atoms with Crippen LogP contribution in [0.4, 0.5) is 17.1 Å². The molecule has 2 aromatic carbocycles. The van der Waals surface area contributed by atoms with Crippen molar-refractivity contribution >= 4 is 34.4 Å². The largest absolute Gasteiger partial charge is 0.398 e. The normalized spacial score (nSPS) is 10.3. The van der Waals surface area contributed by atoms with Crippen LogP contribution in [-0.2, 0) is 0 Å². The van der Waals surface area contributed by atoms with Crippen LogP contribution in [-0.4, -0.2) is 5.78 Å². The number of halogens is 1. The van der Waals surface area contributed by atoms with E-state index in [9.17, 15) is 4.79 Å². The van der Waals surface area contributed by atoms with Crippen LogP contribution in [0.5, 0.6) is 0 Å². The monoisotopic (exact) mass is 274 g/mol. The summed E-state index contributed by atoms with van der Waals surface area (Å²) in [6, 6.07) is 11.0. The Morgan fingerprint density at radius 3 is 2.63 bits per heavy atom. The fraction of sp³-hybridized carbons (Fsp3) is 0.133. The van der Waals surface area contributed by atoms with Crippen molar-refractivity contribution in [2.45, 2.75) is 13.8 Å². The van der Waals surface area contributed by atoms with Crippen molar-refractivity contribution in [3.05, 3.63) is 52.5 Å². The number of carbonyl (C=O) groups is 1. The molecule has 3 N–H and O–H groups in total. The maximum Gasteiger partial charge on any atom is 0.161 e. The molecule has 2 rings (SSSR count). The second-order valence-corrected chi connectivity index (χ2v) is 4.82. The highest BCUT2D eigenvalue weighted by Crippen LogP contribution is 2.29. The first-order valence-corrected chi connectivity index (χ1v) is 6.29. The third kappa shape index (κ3) is 2.88. The van der Waals surface area contributed by atoms with Gasteiger partial charge >= 0.3 is 0 Å². The number of aryl methyl sites for hydroxylation is 1. The Bertz CT molecular complexity index is 618. The number of nitrogen functional groups attached to an aromatic ring is 1. The molecule has 0 unspecified atom stereocenters. The van der Waals surface area contributed by atoms with E-state index in [1.54, 1.807) is 12.1 Å². The number of ketones is 1. The molecule has 0 aromatic heterocycles. The lowest BCUT2D eigenvalue weighted by Crippen LogP contribution is -2.01. The summed E-state index contributed by atoms with van der Waals surface area (Å²) in [5.74, 6) is -0.0583. The molecule has 0 aliphatic heterocycles. The van der Waals surface area contributed by atoms with Gasteiger partial charge in [-0.2, -0.15) is 0 Å². The summed E-state index contributed by atoms with van der Waals surface area (Å²) in [7, 11) is 0. The average molecular weight is 275 g/mol. The third-order valence-corrected chi connectivity index (χ3v) is 3.24. The van der Waals surface area contributed by atoms with Crippen molar-refractivity contribution in [3.8, 4) is 0 Å². The van der Waals surface area contributed by atoms with Gasteiger partial charge in [0.1, 0.15) is 0 Å². The lowest BCUT2D eigenvalue weighted by molar-refractivity contribution is 0.101. The van der Waals surface area contributed by atoms with Crippen LogP contribution in [0, 0.1) is 6.92 Å². The molecular formula is C15H15ClN2O. The molecule has 0 aliphatic rings. The Hall–Kier alpha value is -2.00. The molecule has 4 heteroatoms. The smallest absolute Gasteiger partial charge is 0.161 e. The Morgan fingerprint density at radius 1 is 1.26 bits per heavy atom. The summed E-state index contributed by atoms with van der Waals surface area (Å²) in [5, 5.41) is 3.86. The molecule has 0 saturated carbocycles. The number of nitrogens with one attached hydrogen (secondary N) is 1. The van der Waals surface area contributed by atoms with Gasteiger partial charge in [-0.1, -0.05) is 23.7 Å². The van der Waals surface area contributed by atoms with Gasteiger partial charge in [0.25, 0.3) is 0 Å². The standard InChI is InChI=1S/C15H15ClN2O/c1-9-4-3-5-13(16)15(9)18-11-6-7-14(17)12(8-11)10(2)19/h3-8,18H,17H2,1-2H3. The molecule has 0 amide bonds. The highest BCUT2D eigenvalue weighted by molar-refractivity contribution is 6.33. The summed E-state index contributed by atoms with van der Waals surface area (Å²) >= 11 is 6.16. The highest BCUT2D eigenvalue weighted by atomic mass is 35.5. The van der Waals surface area contributed by atoms with E-state index in [4.69, 9.17) is 17.3 Å². The predicted molar refractivity (Wildman–Crippen MR) is 80.3 cm³/mol. The number of anilines is 3. The van der Waals surface area contributed by atoms with Crippen LogP contribution in [0.3, 0.4) is 0 Å². The predicted octanol–water partition coefficient (Wildman–Crippen LogP) is 4.18. The van der Waals surface area contributed by atoms with Crippen molar-refractivity contribution in [1.29, 1.82) is 0 Å². The van der Waals surface area contributed by atoms with Crippen molar-refractivity contribution in [3.63, 3.8) is 0 Å². The highest BCUT2D eigenvalue weighted by Gasteiger charge is 2.08. The van der Waals surface area contributed by atoms with Gasteiger partial charge in [-0.3, -0.25) is 4.79 Å². The first-order valence-electron chi connectivity index (χ1n) is 5.91. The molecule has 0 aliphatic carbocycles. The number of rotatable bonds is 3. The Kier molecular flexibility index (Phi) is 3.76. The maximum absolute atomic E-state index is 11.5. The maximum atomic E-state index is 11.5. The van der Waals surface area contributed by atoms with E-state index >= 15 is 0 Å². The van der Waals surface area contributed by atoms with E-state index < -0.39 is 0 Å². The van der Waals surface area contributed by atoms with Gasteiger partial charge in [-0.15, -0.1) is 0 Å². The molecule has 2 aromatic rings. The number of nitrogens with two attached hydrogens (primary N) is 1. The molecule has 0 heterocycles. The molecule has 98 valence electrons. The second kappa shape index (κ2) is 5.33. The zero-order chi connectivity index (χ0) is 14.0. The van der Waals surface area contributed by atoms with Gasteiger partial charge in [-0.05, 0) is 43.7 Å². The van der Waals surface area contributed by atoms with Crippen molar-refractivity contribution in [2.75, 3.05) is 11.1 Å². The van der Waals surface area contributed by atoms with Crippen LogP contribution in [0.25, 0.3) is 0 Å². The van der Waals surface area contributed by atoms with Crippen LogP contribution in [0.15, 0.2) is 36.4 Å². The van der Waals surface area contributed by atoms with Gasteiger partial charge in [0.2, 0.25) is 0 Å². The second-order valence-electron chi connectivity index (χ2n) is 4.41. The van der Waals surface area contributed by atoms with E-state index in [1.807, 2.05) is 31.2 Å². The first kappa shape index (κ1) is 13.4. The minimum absolute atomic E-state index is 0.0583. The van der Waals surface area contributed by atoms with Crippen LogP contribution in [0.1, 0.15) is 22.8 Å². The van der Waals surface area contributed by atoms with Crippen LogP contribution in [0.2, 0.25) is 5.02 Å². The molecule has 0 saturated heterocycles. The van der Waals surface area contributed by atoms with Crippen LogP contribution < -0.4 is 11.1 Å². The summed E-state index contributed by atoms with van der Waals surface area (Å²) < 4.78 is 0. The van der Waals surface area contributed by atoms with E-state index in [2.05, 4.69) is 5.32 Å². The molecule has 0 spiro atoms. The van der Waals surface area contributed by atoms with Crippen LogP contribution >= 0.6 is 11.6 Å². The van der Waals surface area contributed by atoms with E-state index in [0.717, 1.165) is 16.9 Å². The lowest BCUT2D eigenvalue weighted by Gasteiger charge is -2.13. The minimum Gasteiger partial charge on any atom is -0.398 e. The average Bonchev–Trinajstić information content (AvgIpc) is 2.35. The Balaban J connectivity index is 2.39. The van der Waals surface area contributed by atoms with Gasteiger partial charge < -0.3 is 11.1 Å². The van der Waals surface area contributed by atoms with Gasteiger partial charge in [-0.25, -0.2) is 0 Å². The number of Topliss-reactive ketones (excluding diaryl/α,β-unsaturated/α-hetero) is 1. The van der Waals surface area contributed by atoms with Crippen molar-refractivity contribution in [2.24, 2.45) is 0 Å². The fourth-order valence-corrected chi connectivity index (χ4v) is 2.14. The summed E-state index contributed by atoms with van der Waals surface area (Å²) in [6.45, 7) is 3.47. The molecule has 0 radical (unpaired) electrons. The molecule has 0 atom stereocenters. The lowest BCUT2D eigenvalue weighted by atomic mass is 10.1. The number of benzene rings is 2. The first-order chi connectivity index (χ1) is 8.99. The summed E-state index contributed by atoms with van der Waals surface area (Å²) in [6.07, 6.45) is 0. The number of para-hydroxylation sites is 1. The topological polar surface area (TPSA) is 55.1 Å². The zero-order valence-electron chi connectivity index (χ0n) is 10.8. The molecule has 0 fully saturated rings. The Morgan fingerprint density at radius 2 is 2.00 bits per heavy atom. The zero-order valence-corrected chi connectivity index (χ0v) is 11.6. The minimum atomic E-state index is -0.0583. The van der Waals surface area contributed by atoms with Crippen molar-refractivity contribution < 1.29 is 4.79 Å². The van der Waals surface area contributed by atoms with Crippen molar-refractivity contribution in [1.82, 2.24) is 0 Å². The summed E-state index contributed by atoms with van der Waals surface area (Å²) in [5.41, 5.74) is 9.42. The molecule has 0 bridgehead atoms. The quantitative estimate of drug-likeness (QED) is 0.652. The van der Waals surface area contributed by atoms with E-state index in [0.29, 0.717) is 16.3 Å². The Labute approximate surface area is 117 Å². The molecular weight excluding hydrogens is 260 g/mol. The number of carbonyl (C=O) groups excluding carboxylic acids is 1. The van der Waals surface area contributed by atoms with Gasteiger partial charge in [0.15, 0.2) is 5.78 Å². The SMILES string of the molecule is CC(=O)c1cc(Nc2c(C)cccc2Cl)ccc1N. The number of hydrogen-bond acceptors (Lipinski definition) is 3.